The number of carboxylic acid groups (broad SMARTS) is 2. The van der Waals surface area contributed by atoms with Crippen LogP contribution >= 0.6 is 0 Å². The number of hydrogen-bond donors (Lipinski definition) is 7. The van der Waals surface area contributed by atoms with Crippen molar-refractivity contribution < 1.29 is 34.5 Å². The predicted octanol–water partition coefficient (Wildman–Crippen LogP) is -1.49. The number of carbonyl (C=O) groups excluding carboxylic acids is 2. The summed E-state index contributed by atoms with van der Waals surface area (Å²) in [6.45, 7) is 1.14. The van der Waals surface area contributed by atoms with E-state index in [0.29, 0.717) is 11.3 Å². The lowest BCUT2D eigenvalue weighted by Crippen LogP contribution is -2.55. The van der Waals surface area contributed by atoms with Crippen LogP contribution in [0.15, 0.2) is 35.3 Å². The van der Waals surface area contributed by atoms with Crippen molar-refractivity contribution in [3.63, 3.8) is 0 Å². The molecule has 1 rings (SSSR count). The van der Waals surface area contributed by atoms with E-state index in [1.165, 1.54) is 6.08 Å². The highest BCUT2D eigenvalue weighted by molar-refractivity contribution is 5.97. The highest BCUT2D eigenvalue weighted by Gasteiger charge is 2.30. The molecule has 0 aliphatic rings. The minimum atomic E-state index is -1.66. The Morgan fingerprint density at radius 1 is 1.10 bits per heavy atom. The first-order chi connectivity index (χ1) is 14.0. The molecule has 0 aromatic heterocycles. The van der Waals surface area contributed by atoms with Crippen LogP contribution in [0.25, 0.3) is 6.08 Å². The van der Waals surface area contributed by atoms with Crippen LogP contribution in [0.4, 0.5) is 5.69 Å². The monoisotopic (exact) mass is 421 g/mol. The lowest BCUT2D eigenvalue weighted by Gasteiger charge is -2.21. The summed E-state index contributed by atoms with van der Waals surface area (Å²) in [5.74, 6) is -4.86. The molecule has 0 bridgehead atoms. The van der Waals surface area contributed by atoms with Gasteiger partial charge in [-0.2, -0.15) is 0 Å². The minimum Gasteiger partial charge on any atom is -0.481 e. The molecular weight excluding hydrogens is 398 g/mol. The Kier molecular flexibility index (Phi) is 8.97. The fourth-order valence-corrected chi connectivity index (χ4v) is 2.23. The quantitative estimate of drug-likeness (QED) is 0.133. The number of hydrogen-bond acceptors (Lipinski definition) is 6. The van der Waals surface area contributed by atoms with Gasteiger partial charge >= 0.3 is 11.9 Å². The van der Waals surface area contributed by atoms with Gasteiger partial charge in [0.1, 0.15) is 6.04 Å². The molecule has 0 aliphatic carbocycles. The highest BCUT2D eigenvalue weighted by Crippen LogP contribution is 2.13. The summed E-state index contributed by atoms with van der Waals surface area (Å²) >= 11 is 0. The molecule has 0 aliphatic heterocycles. The zero-order valence-corrected chi connectivity index (χ0v) is 16.0. The molecule has 2 amide bonds. The van der Waals surface area contributed by atoms with Crippen LogP contribution in [0.1, 0.15) is 18.9 Å². The molecule has 12 heteroatoms. The number of carboxylic acids is 2. The van der Waals surface area contributed by atoms with Gasteiger partial charge in [0, 0.05) is 6.08 Å². The first kappa shape index (κ1) is 24.1. The normalized spacial score (nSPS) is 13.7. The van der Waals surface area contributed by atoms with Crippen molar-refractivity contribution in [3.8, 4) is 0 Å². The van der Waals surface area contributed by atoms with Crippen LogP contribution in [0.3, 0.4) is 0 Å². The molecule has 0 heterocycles. The molecule has 0 saturated heterocycles. The summed E-state index contributed by atoms with van der Waals surface area (Å²) < 4.78 is 0. The Bertz CT molecular complexity index is 845. The van der Waals surface area contributed by atoms with Crippen LogP contribution in [-0.2, 0) is 19.2 Å². The Hall–Kier alpha value is -3.93. The third-order valence-electron chi connectivity index (χ3n) is 3.64. The second kappa shape index (κ2) is 11.2. The number of nitrogens with zero attached hydrogens (tertiary/aromatic N) is 1. The second-order valence-electron chi connectivity index (χ2n) is 6.19. The summed E-state index contributed by atoms with van der Waals surface area (Å²) in [6, 6.07) is 3.22. The standard InChI is InChI=1S/C18H23N5O7/c1-9(24)15(17(29)30)23-16(28)12(8-14(26)27)22-13(25)7-4-10-2-5-11(6-3-10)21-18(19)20/h2-7,9,12,15,24H,8H2,1H3,(H,22,25)(H,23,28)(H,26,27)(H,29,30)(H4,19,20,21)/t9-,12+,15+/m1/s1. The van der Waals surface area contributed by atoms with E-state index < -0.39 is 48.4 Å². The van der Waals surface area contributed by atoms with Crippen molar-refractivity contribution in [3.05, 3.63) is 35.9 Å². The topological polar surface area (TPSA) is 217 Å². The molecule has 0 saturated carbocycles. The summed E-state index contributed by atoms with van der Waals surface area (Å²) in [4.78, 5) is 50.2. The van der Waals surface area contributed by atoms with Gasteiger partial charge in [0.2, 0.25) is 11.8 Å². The number of amides is 2. The van der Waals surface area contributed by atoms with Crippen molar-refractivity contribution in [1.82, 2.24) is 10.6 Å². The van der Waals surface area contributed by atoms with Crippen molar-refractivity contribution >= 4 is 41.5 Å². The number of nitrogens with two attached hydrogens (primary N) is 2. The molecule has 12 nitrogen and oxygen atoms in total. The van der Waals surface area contributed by atoms with E-state index >= 15 is 0 Å². The molecule has 162 valence electrons. The number of rotatable bonds is 10. The van der Waals surface area contributed by atoms with E-state index in [0.717, 1.165) is 13.0 Å². The van der Waals surface area contributed by atoms with Gasteiger partial charge in [-0.3, -0.25) is 14.4 Å². The van der Waals surface area contributed by atoms with E-state index in [-0.39, 0.29) is 5.96 Å². The lowest BCUT2D eigenvalue weighted by atomic mass is 10.1. The van der Waals surface area contributed by atoms with Crippen molar-refractivity contribution in [2.75, 3.05) is 0 Å². The molecule has 0 radical (unpaired) electrons. The van der Waals surface area contributed by atoms with Crippen LogP contribution in [0, 0.1) is 0 Å². The molecule has 1 aromatic rings. The Labute approximate surface area is 171 Å². The van der Waals surface area contributed by atoms with Gasteiger partial charge < -0.3 is 37.4 Å². The Balaban J connectivity index is 2.84. The van der Waals surface area contributed by atoms with E-state index in [4.69, 9.17) is 21.7 Å². The number of aliphatic hydroxyl groups excluding tert-OH is 1. The number of benzene rings is 1. The van der Waals surface area contributed by atoms with Crippen molar-refractivity contribution in [2.45, 2.75) is 31.5 Å². The van der Waals surface area contributed by atoms with Crippen LogP contribution in [-0.4, -0.2) is 63.2 Å². The van der Waals surface area contributed by atoms with E-state index in [1.807, 2.05) is 5.32 Å². The van der Waals surface area contributed by atoms with Gasteiger partial charge in [-0.15, -0.1) is 0 Å². The summed E-state index contributed by atoms with van der Waals surface area (Å²) in [6.07, 6.45) is 0.251. The molecule has 0 fully saturated rings. The molecule has 0 spiro atoms. The van der Waals surface area contributed by atoms with Crippen molar-refractivity contribution in [1.29, 1.82) is 0 Å². The van der Waals surface area contributed by atoms with Crippen LogP contribution < -0.4 is 22.1 Å². The number of aliphatic hydroxyl groups is 1. The third-order valence-corrected chi connectivity index (χ3v) is 3.64. The summed E-state index contributed by atoms with van der Waals surface area (Å²) in [5, 5.41) is 31.6. The van der Waals surface area contributed by atoms with E-state index in [9.17, 15) is 24.3 Å². The average Bonchev–Trinajstić information content (AvgIpc) is 2.63. The van der Waals surface area contributed by atoms with E-state index in [2.05, 4.69) is 10.3 Å². The molecule has 9 N–H and O–H groups in total. The molecule has 0 unspecified atom stereocenters. The van der Waals surface area contributed by atoms with E-state index in [1.54, 1.807) is 24.3 Å². The van der Waals surface area contributed by atoms with Crippen LogP contribution in [0.2, 0.25) is 0 Å². The lowest BCUT2D eigenvalue weighted by molar-refractivity contribution is -0.145. The largest absolute Gasteiger partial charge is 0.481 e. The zero-order chi connectivity index (χ0) is 22.8. The number of nitrogens with one attached hydrogen (secondary N) is 2. The highest BCUT2D eigenvalue weighted by atomic mass is 16.4. The maximum Gasteiger partial charge on any atom is 0.328 e. The third kappa shape index (κ3) is 8.39. The van der Waals surface area contributed by atoms with Gasteiger partial charge in [0.25, 0.3) is 0 Å². The first-order valence-electron chi connectivity index (χ1n) is 8.61. The Morgan fingerprint density at radius 3 is 2.17 bits per heavy atom. The fraction of sp³-hybridized carbons (Fsp3) is 0.278. The number of aliphatic carboxylic acids is 2. The van der Waals surface area contributed by atoms with Gasteiger partial charge in [0.15, 0.2) is 12.0 Å². The SMILES string of the molecule is C[C@@H](O)[C@H](NC(=O)[C@H](CC(=O)O)NC(=O)C=Cc1ccc(N=C(N)N)cc1)C(=O)O. The van der Waals surface area contributed by atoms with Gasteiger partial charge in [-0.05, 0) is 30.7 Å². The zero-order valence-electron chi connectivity index (χ0n) is 16.0. The molecular formula is C18H23N5O7. The average molecular weight is 421 g/mol. The minimum absolute atomic E-state index is 0.110. The number of guanidine groups is 1. The van der Waals surface area contributed by atoms with Crippen molar-refractivity contribution in [2.24, 2.45) is 16.5 Å². The molecule has 30 heavy (non-hydrogen) atoms. The maximum atomic E-state index is 12.2. The number of carbonyl (C=O) groups is 4. The second-order valence-corrected chi connectivity index (χ2v) is 6.19. The van der Waals surface area contributed by atoms with Crippen LogP contribution in [0.5, 0.6) is 0 Å². The fourth-order valence-electron chi connectivity index (χ4n) is 2.23. The molecule has 1 aromatic carbocycles. The molecule has 3 atom stereocenters. The first-order valence-corrected chi connectivity index (χ1v) is 8.61. The number of aliphatic imine (C=N–C) groups is 1. The predicted molar refractivity (Wildman–Crippen MR) is 106 cm³/mol. The summed E-state index contributed by atoms with van der Waals surface area (Å²) in [5.41, 5.74) is 11.6. The Morgan fingerprint density at radius 2 is 1.70 bits per heavy atom. The summed E-state index contributed by atoms with van der Waals surface area (Å²) in [7, 11) is 0. The van der Waals surface area contributed by atoms with Gasteiger partial charge in [0.05, 0.1) is 18.2 Å². The maximum absolute atomic E-state index is 12.2. The van der Waals surface area contributed by atoms with Gasteiger partial charge in [-0.1, -0.05) is 12.1 Å². The van der Waals surface area contributed by atoms with Gasteiger partial charge in [-0.25, -0.2) is 9.79 Å². The smallest absolute Gasteiger partial charge is 0.328 e.